The molecule has 1 aliphatic carbocycles. The molecule has 2 aromatic heterocycles. The lowest BCUT2D eigenvalue weighted by atomic mass is 10.2. The quantitative estimate of drug-likeness (QED) is 0.367. The Labute approximate surface area is 104 Å². The molecule has 6 nitrogen and oxygen atoms in total. The molecule has 92 valence electrons. The summed E-state index contributed by atoms with van der Waals surface area (Å²) in [5.74, 6) is 1.18. The fourth-order valence-corrected chi connectivity index (χ4v) is 1.89. The maximum atomic E-state index is 8.77. The Morgan fingerprint density at radius 1 is 1.44 bits per heavy atom. The molecule has 2 heterocycles. The van der Waals surface area contributed by atoms with E-state index < -0.39 is 0 Å². The summed E-state index contributed by atoms with van der Waals surface area (Å²) in [6.07, 6.45) is 5.91. The van der Waals surface area contributed by atoms with Gasteiger partial charge in [-0.2, -0.15) is 5.10 Å². The molecule has 0 unspecified atom stereocenters. The van der Waals surface area contributed by atoms with E-state index in [1.54, 1.807) is 23.0 Å². The van der Waals surface area contributed by atoms with Crippen molar-refractivity contribution >= 4 is 5.84 Å². The molecule has 0 aromatic carbocycles. The third-order valence-electron chi connectivity index (χ3n) is 2.99. The molecule has 0 radical (unpaired) electrons. The van der Waals surface area contributed by atoms with Crippen molar-refractivity contribution in [2.45, 2.75) is 18.8 Å². The van der Waals surface area contributed by atoms with E-state index in [1.807, 2.05) is 12.3 Å². The molecule has 0 spiro atoms. The van der Waals surface area contributed by atoms with Crippen molar-refractivity contribution in [3.63, 3.8) is 0 Å². The Hall–Kier alpha value is -2.37. The van der Waals surface area contributed by atoms with Gasteiger partial charge in [-0.1, -0.05) is 5.16 Å². The lowest BCUT2D eigenvalue weighted by Gasteiger charge is -2.06. The van der Waals surface area contributed by atoms with Crippen LogP contribution in [0, 0.1) is 0 Å². The van der Waals surface area contributed by atoms with Crippen LogP contribution in [0.2, 0.25) is 0 Å². The summed E-state index contributed by atoms with van der Waals surface area (Å²) in [6.45, 7) is 0. The van der Waals surface area contributed by atoms with Crippen LogP contribution >= 0.6 is 0 Å². The molecule has 1 fully saturated rings. The van der Waals surface area contributed by atoms with Crippen LogP contribution in [0.5, 0.6) is 0 Å². The molecule has 0 bridgehead atoms. The fourth-order valence-electron chi connectivity index (χ4n) is 1.89. The summed E-state index contributed by atoms with van der Waals surface area (Å²) in [5.41, 5.74) is 7.27. The van der Waals surface area contributed by atoms with Crippen LogP contribution < -0.4 is 5.73 Å². The van der Waals surface area contributed by atoms with Crippen molar-refractivity contribution in [3.05, 3.63) is 41.9 Å². The predicted octanol–water partition coefficient (Wildman–Crippen LogP) is 1.24. The van der Waals surface area contributed by atoms with Gasteiger partial charge in [0.2, 0.25) is 0 Å². The van der Waals surface area contributed by atoms with Crippen molar-refractivity contribution in [1.82, 2.24) is 14.8 Å². The number of hydrogen-bond donors (Lipinski definition) is 2. The summed E-state index contributed by atoms with van der Waals surface area (Å²) < 4.78 is 1.67. The lowest BCUT2D eigenvalue weighted by Crippen LogP contribution is -2.17. The average molecular weight is 243 g/mol. The summed E-state index contributed by atoms with van der Waals surface area (Å²) in [5, 5.41) is 16.3. The zero-order chi connectivity index (χ0) is 12.5. The zero-order valence-corrected chi connectivity index (χ0v) is 9.69. The molecular formula is C12H13N5O. The van der Waals surface area contributed by atoms with Crippen LogP contribution in [0.25, 0.3) is 5.82 Å². The molecule has 3 N–H and O–H groups in total. The number of amidine groups is 1. The van der Waals surface area contributed by atoms with Gasteiger partial charge in [0.25, 0.3) is 0 Å². The number of rotatable bonds is 3. The number of oxime groups is 1. The first-order chi connectivity index (χ1) is 8.79. The third kappa shape index (κ3) is 1.81. The molecular weight excluding hydrogens is 230 g/mol. The molecule has 0 atom stereocenters. The molecule has 3 rings (SSSR count). The van der Waals surface area contributed by atoms with Gasteiger partial charge in [-0.15, -0.1) is 0 Å². The number of nitrogens with two attached hydrogens (primary N) is 1. The van der Waals surface area contributed by atoms with Crippen LogP contribution in [0.1, 0.15) is 30.0 Å². The second-order valence-corrected chi connectivity index (χ2v) is 4.32. The standard InChI is InChI=1S/C12H13N5O/c13-11(16-18)9-2-1-6-14-12(9)17-7-5-10(15-17)8-3-4-8/h1-2,5-8,18H,3-4H2,(H2,13,16). The molecule has 0 aliphatic heterocycles. The Bertz CT molecular complexity index is 600. The maximum Gasteiger partial charge on any atom is 0.173 e. The summed E-state index contributed by atoms with van der Waals surface area (Å²) in [7, 11) is 0. The van der Waals surface area contributed by atoms with Crippen LogP contribution in [0.4, 0.5) is 0 Å². The second kappa shape index (κ2) is 4.14. The number of aromatic nitrogens is 3. The van der Waals surface area contributed by atoms with Gasteiger partial charge in [0.05, 0.1) is 11.3 Å². The molecule has 6 heteroatoms. The van der Waals surface area contributed by atoms with Crippen molar-refractivity contribution in [3.8, 4) is 5.82 Å². The minimum Gasteiger partial charge on any atom is -0.409 e. The Kier molecular flexibility index (Phi) is 2.47. The van der Waals surface area contributed by atoms with E-state index in [-0.39, 0.29) is 5.84 Å². The Balaban J connectivity index is 2.04. The van der Waals surface area contributed by atoms with Gasteiger partial charge in [0.15, 0.2) is 11.7 Å². The van der Waals surface area contributed by atoms with Gasteiger partial charge in [-0.3, -0.25) is 0 Å². The van der Waals surface area contributed by atoms with Gasteiger partial charge in [0, 0.05) is 18.3 Å². The van der Waals surface area contributed by atoms with Crippen molar-refractivity contribution in [2.75, 3.05) is 0 Å². The highest BCUT2D eigenvalue weighted by atomic mass is 16.4. The molecule has 2 aromatic rings. The Morgan fingerprint density at radius 3 is 3.00 bits per heavy atom. The van der Waals surface area contributed by atoms with Crippen molar-refractivity contribution in [1.29, 1.82) is 0 Å². The Morgan fingerprint density at radius 2 is 2.28 bits per heavy atom. The van der Waals surface area contributed by atoms with Gasteiger partial charge in [-0.05, 0) is 31.0 Å². The minimum atomic E-state index is 0.0292. The fraction of sp³-hybridized carbons (Fsp3) is 0.250. The molecule has 18 heavy (non-hydrogen) atoms. The first-order valence-corrected chi connectivity index (χ1v) is 5.78. The van der Waals surface area contributed by atoms with Gasteiger partial charge in [-0.25, -0.2) is 9.67 Å². The topological polar surface area (TPSA) is 89.3 Å². The van der Waals surface area contributed by atoms with Gasteiger partial charge in [0.1, 0.15) is 0 Å². The van der Waals surface area contributed by atoms with Crippen LogP contribution in [-0.2, 0) is 0 Å². The first kappa shape index (κ1) is 10.8. The normalized spacial score (nSPS) is 15.9. The average Bonchev–Trinajstić information content (AvgIpc) is 3.16. The maximum absolute atomic E-state index is 8.77. The molecule has 0 amide bonds. The van der Waals surface area contributed by atoms with E-state index in [2.05, 4.69) is 15.2 Å². The molecule has 0 saturated heterocycles. The first-order valence-electron chi connectivity index (χ1n) is 5.78. The highest BCUT2D eigenvalue weighted by Crippen LogP contribution is 2.39. The monoisotopic (exact) mass is 243 g/mol. The highest BCUT2D eigenvalue weighted by Gasteiger charge is 2.26. The zero-order valence-electron chi connectivity index (χ0n) is 9.69. The summed E-state index contributed by atoms with van der Waals surface area (Å²) >= 11 is 0. The van der Waals surface area contributed by atoms with E-state index in [1.165, 1.54) is 12.8 Å². The predicted molar refractivity (Wildman–Crippen MR) is 65.8 cm³/mol. The highest BCUT2D eigenvalue weighted by molar-refractivity contribution is 5.99. The van der Waals surface area contributed by atoms with Crippen LogP contribution in [-0.4, -0.2) is 25.8 Å². The SMILES string of the molecule is NC(=NO)c1cccnc1-n1ccc(C2CC2)n1. The van der Waals surface area contributed by atoms with Crippen molar-refractivity contribution in [2.24, 2.45) is 10.9 Å². The second-order valence-electron chi connectivity index (χ2n) is 4.32. The number of pyridine rings is 1. The van der Waals surface area contributed by atoms with E-state index >= 15 is 0 Å². The smallest absolute Gasteiger partial charge is 0.173 e. The minimum absolute atomic E-state index is 0.0292. The van der Waals surface area contributed by atoms with E-state index in [0.717, 1.165) is 5.69 Å². The van der Waals surface area contributed by atoms with Crippen LogP contribution in [0.15, 0.2) is 35.7 Å². The summed E-state index contributed by atoms with van der Waals surface area (Å²) in [6, 6.07) is 5.47. The van der Waals surface area contributed by atoms with E-state index in [9.17, 15) is 0 Å². The number of hydrogen-bond acceptors (Lipinski definition) is 4. The molecule has 1 saturated carbocycles. The summed E-state index contributed by atoms with van der Waals surface area (Å²) in [4.78, 5) is 4.24. The van der Waals surface area contributed by atoms with Crippen LogP contribution in [0.3, 0.4) is 0 Å². The van der Waals surface area contributed by atoms with E-state index in [4.69, 9.17) is 10.9 Å². The van der Waals surface area contributed by atoms with Gasteiger partial charge < -0.3 is 10.9 Å². The van der Waals surface area contributed by atoms with Gasteiger partial charge >= 0.3 is 0 Å². The third-order valence-corrected chi connectivity index (χ3v) is 2.99. The van der Waals surface area contributed by atoms with E-state index in [0.29, 0.717) is 17.3 Å². The van der Waals surface area contributed by atoms with Crippen molar-refractivity contribution < 1.29 is 5.21 Å². The molecule has 1 aliphatic rings. The number of nitrogens with zero attached hydrogens (tertiary/aromatic N) is 4. The lowest BCUT2D eigenvalue weighted by molar-refractivity contribution is 0.318. The largest absolute Gasteiger partial charge is 0.409 e.